The number of rotatable bonds is 7. The fraction of sp³-hybridized carbons (Fsp3) is 0.571. The number of carbonyl (C=O) groups excluding carboxylic acids is 3. The number of hydrogen-bond acceptors (Lipinski definition) is 4. The van der Waals surface area contributed by atoms with Crippen LogP contribution in [-0.2, 0) is 9.59 Å². The van der Waals surface area contributed by atoms with Gasteiger partial charge in [0, 0.05) is 18.5 Å². The monoisotopic (exact) mass is 388 g/mol. The molecule has 2 aliphatic rings. The second-order valence-electron chi connectivity index (χ2n) is 7.77. The Morgan fingerprint density at radius 2 is 2.14 bits per heavy atom. The Balaban J connectivity index is 1.53. The van der Waals surface area contributed by atoms with Gasteiger partial charge < -0.3 is 15.0 Å². The van der Waals surface area contributed by atoms with Gasteiger partial charge >= 0.3 is 0 Å². The molecule has 1 unspecified atom stereocenters. The van der Waals surface area contributed by atoms with Gasteiger partial charge in [-0.15, -0.1) is 0 Å². The van der Waals surface area contributed by atoms with Gasteiger partial charge in [0.15, 0.2) is 12.4 Å². The summed E-state index contributed by atoms with van der Waals surface area (Å²) < 4.78 is 5.42. The van der Waals surface area contributed by atoms with E-state index in [0.29, 0.717) is 29.6 Å². The van der Waals surface area contributed by atoms with E-state index < -0.39 is 0 Å². The third-order valence-corrected chi connectivity index (χ3v) is 5.69. The first kappa shape index (κ1) is 20.3. The van der Waals surface area contributed by atoms with E-state index in [0.717, 1.165) is 13.0 Å². The molecule has 2 aliphatic heterocycles. The van der Waals surface area contributed by atoms with Gasteiger partial charge in [-0.25, -0.2) is 0 Å². The molecule has 3 rings (SSSR count). The fourth-order valence-corrected chi connectivity index (χ4v) is 3.96. The molecule has 1 aromatic carbocycles. The zero-order valence-electron chi connectivity index (χ0n) is 16.8. The molecule has 1 saturated heterocycles. The first-order valence-electron chi connectivity index (χ1n) is 10.1. The third-order valence-electron chi connectivity index (χ3n) is 5.69. The van der Waals surface area contributed by atoms with E-state index in [1.807, 2.05) is 0 Å². The molecule has 2 heterocycles. The summed E-state index contributed by atoms with van der Waals surface area (Å²) in [6, 6.07) is 5.65. The van der Waals surface area contributed by atoms with Gasteiger partial charge in [0.2, 0.25) is 5.91 Å². The molecule has 152 valence electrons. The minimum atomic E-state index is -0.282. The van der Waals surface area contributed by atoms with Crippen LogP contribution in [0.4, 0.5) is 5.69 Å². The maximum atomic E-state index is 12.4. The lowest BCUT2D eigenvalue weighted by atomic mass is 10.0. The van der Waals surface area contributed by atoms with E-state index in [-0.39, 0.29) is 30.7 Å². The molecule has 0 bridgehead atoms. The van der Waals surface area contributed by atoms with Crippen molar-refractivity contribution in [2.75, 3.05) is 37.7 Å². The smallest absolute Gasteiger partial charge is 0.265 e. The van der Waals surface area contributed by atoms with Crippen molar-refractivity contribution >= 4 is 23.3 Å². The van der Waals surface area contributed by atoms with Crippen LogP contribution < -0.4 is 19.9 Å². The lowest BCUT2D eigenvalue weighted by molar-refractivity contribution is -0.928. The molecule has 1 aromatic rings. The average Bonchev–Trinajstić information content (AvgIpc) is 2.68. The minimum absolute atomic E-state index is 0.0659. The van der Waals surface area contributed by atoms with Crippen molar-refractivity contribution in [2.45, 2.75) is 45.6 Å². The van der Waals surface area contributed by atoms with Gasteiger partial charge in [0.05, 0.1) is 24.8 Å². The number of quaternary nitrogens is 1. The van der Waals surface area contributed by atoms with Crippen molar-refractivity contribution in [3.8, 4) is 5.75 Å². The Morgan fingerprint density at radius 3 is 2.89 bits per heavy atom. The normalized spacial score (nSPS) is 21.6. The minimum Gasteiger partial charge on any atom is -0.482 e. The molecule has 0 aromatic heterocycles. The number of anilines is 1. The standard InChI is InChI=1S/C21H29N3O4/c1-15-6-3-4-10-23(15)11-5-9-22-20(26)13-24-18-12-17(16(2)25)7-8-19(18)28-14-21(24)27/h7-8,12,15H,3-6,9-11,13-14H2,1-2H3,(H,22,26)/p+1/t15-/m1/s1. The van der Waals surface area contributed by atoms with Gasteiger partial charge in [-0.1, -0.05) is 0 Å². The molecule has 2 N–H and O–H groups in total. The van der Waals surface area contributed by atoms with Crippen LogP contribution >= 0.6 is 0 Å². The van der Waals surface area contributed by atoms with Gasteiger partial charge in [-0.3, -0.25) is 19.3 Å². The summed E-state index contributed by atoms with van der Waals surface area (Å²) in [5, 5.41) is 2.92. The fourth-order valence-electron chi connectivity index (χ4n) is 3.96. The number of carbonyl (C=O) groups is 3. The number of Topliss-reactive ketones (excluding diaryl/α,β-unsaturated/α-hetero) is 1. The molecule has 1 fully saturated rings. The maximum absolute atomic E-state index is 12.4. The number of amides is 2. The molecular weight excluding hydrogens is 358 g/mol. The van der Waals surface area contributed by atoms with E-state index in [2.05, 4.69) is 12.2 Å². The van der Waals surface area contributed by atoms with E-state index in [1.165, 1.54) is 37.6 Å². The van der Waals surface area contributed by atoms with Crippen LogP contribution in [0, 0.1) is 0 Å². The number of likely N-dealkylation sites (tertiary alicyclic amines) is 1. The van der Waals surface area contributed by atoms with Crippen LogP contribution in [0.3, 0.4) is 0 Å². The summed E-state index contributed by atoms with van der Waals surface area (Å²) in [4.78, 5) is 39.3. The summed E-state index contributed by atoms with van der Waals surface area (Å²) in [6.07, 6.45) is 4.81. The highest BCUT2D eigenvalue weighted by atomic mass is 16.5. The van der Waals surface area contributed by atoms with Crippen molar-refractivity contribution in [3.05, 3.63) is 23.8 Å². The Morgan fingerprint density at radius 1 is 1.32 bits per heavy atom. The van der Waals surface area contributed by atoms with E-state index in [1.54, 1.807) is 23.1 Å². The van der Waals surface area contributed by atoms with Crippen molar-refractivity contribution in [2.24, 2.45) is 0 Å². The lowest BCUT2D eigenvalue weighted by Gasteiger charge is -2.30. The summed E-state index contributed by atoms with van der Waals surface area (Å²) in [6.45, 7) is 6.47. The average molecular weight is 388 g/mol. The Kier molecular flexibility index (Phi) is 6.67. The Bertz CT molecular complexity index is 749. The largest absolute Gasteiger partial charge is 0.482 e. The van der Waals surface area contributed by atoms with Gasteiger partial charge in [-0.2, -0.15) is 0 Å². The number of ether oxygens (including phenoxy) is 1. The van der Waals surface area contributed by atoms with Gasteiger partial charge in [-0.05, 0) is 51.3 Å². The molecule has 0 saturated carbocycles. The Labute approximate surface area is 166 Å². The molecule has 2 amide bonds. The molecule has 0 radical (unpaired) electrons. The molecule has 7 heteroatoms. The molecule has 0 aliphatic carbocycles. The predicted octanol–water partition coefficient (Wildman–Crippen LogP) is 0.578. The second-order valence-corrected chi connectivity index (χ2v) is 7.77. The number of benzene rings is 1. The highest BCUT2D eigenvalue weighted by molar-refractivity contribution is 6.04. The highest BCUT2D eigenvalue weighted by Crippen LogP contribution is 2.32. The van der Waals surface area contributed by atoms with Crippen molar-refractivity contribution in [1.29, 1.82) is 0 Å². The topological polar surface area (TPSA) is 80.2 Å². The predicted molar refractivity (Wildman–Crippen MR) is 106 cm³/mol. The van der Waals surface area contributed by atoms with Gasteiger partial charge in [0.1, 0.15) is 12.3 Å². The molecule has 7 nitrogen and oxygen atoms in total. The zero-order chi connectivity index (χ0) is 20.1. The number of hydrogen-bond donors (Lipinski definition) is 2. The number of piperidine rings is 1. The number of ketones is 1. The second kappa shape index (κ2) is 9.19. The molecule has 2 atom stereocenters. The van der Waals surface area contributed by atoms with Crippen molar-refractivity contribution < 1.29 is 24.0 Å². The first-order chi connectivity index (χ1) is 13.5. The van der Waals surface area contributed by atoms with Crippen molar-refractivity contribution in [1.82, 2.24) is 5.32 Å². The van der Waals surface area contributed by atoms with E-state index in [9.17, 15) is 14.4 Å². The third kappa shape index (κ3) is 4.90. The molecule has 28 heavy (non-hydrogen) atoms. The summed E-state index contributed by atoms with van der Waals surface area (Å²) in [5.41, 5.74) is 0.965. The molecule has 0 spiro atoms. The highest BCUT2D eigenvalue weighted by Gasteiger charge is 2.28. The van der Waals surface area contributed by atoms with Crippen LogP contribution in [0.5, 0.6) is 5.75 Å². The summed E-state index contributed by atoms with van der Waals surface area (Å²) in [5.74, 6) is -0.0641. The van der Waals surface area contributed by atoms with Crippen LogP contribution in [0.25, 0.3) is 0 Å². The SMILES string of the molecule is CC(=O)c1ccc2c(c1)N(CC(=O)NCCC[NH+]1CCCC[C@H]1C)C(=O)CO2. The molecular formula is C21H30N3O4+. The summed E-state index contributed by atoms with van der Waals surface area (Å²) >= 11 is 0. The lowest BCUT2D eigenvalue weighted by Crippen LogP contribution is -3.16. The van der Waals surface area contributed by atoms with Crippen LogP contribution in [0.2, 0.25) is 0 Å². The quantitative estimate of drug-likeness (QED) is 0.529. The number of nitrogens with zero attached hydrogens (tertiary/aromatic N) is 1. The van der Waals surface area contributed by atoms with E-state index in [4.69, 9.17) is 4.74 Å². The Hall–Kier alpha value is -2.41. The van der Waals surface area contributed by atoms with Crippen molar-refractivity contribution in [3.63, 3.8) is 0 Å². The number of fused-ring (bicyclic) bond motifs is 1. The van der Waals surface area contributed by atoms with Crippen LogP contribution in [-0.4, -0.2) is 56.4 Å². The van der Waals surface area contributed by atoms with Gasteiger partial charge in [0.25, 0.3) is 5.91 Å². The summed E-state index contributed by atoms with van der Waals surface area (Å²) in [7, 11) is 0. The number of nitrogens with one attached hydrogen (secondary N) is 2. The van der Waals surface area contributed by atoms with Crippen LogP contribution in [0.1, 0.15) is 49.9 Å². The van der Waals surface area contributed by atoms with E-state index >= 15 is 0 Å². The zero-order valence-corrected chi connectivity index (χ0v) is 16.8. The van der Waals surface area contributed by atoms with Crippen LogP contribution in [0.15, 0.2) is 18.2 Å². The first-order valence-corrected chi connectivity index (χ1v) is 10.1. The maximum Gasteiger partial charge on any atom is 0.265 e.